The summed E-state index contributed by atoms with van der Waals surface area (Å²) in [5.41, 5.74) is 2.51. The smallest absolute Gasteiger partial charge is 0.191 e. The minimum atomic E-state index is -1.62. The second kappa shape index (κ2) is 9.07. The Balaban J connectivity index is 1.38. The predicted molar refractivity (Wildman–Crippen MR) is 143 cm³/mol. The molecule has 33 heavy (non-hydrogen) atoms. The molecule has 0 amide bonds. The van der Waals surface area contributed by atoms with Crippen molar-refractivity contribution in [2.45, 2.75) is 130 Å². The highest BCUT2D eigenvalue weighted by Gasteiger charge is 2.59. The fourth-order valence-electron chi connectivity index (χ4n) is 8.77. The van der Waals surface area contributed by atoms with Crippen molar-refractivity contribution in [2.75, 3.05) is 6.61 Å². The van der Waals surface area contributed by atoms with Crippen molar-refractivity contribution in [1.29, 1.82) is 0 Å². The quantitative estimate of drug-likeness (QED) is 0.238. The first-order chi connectivity index (χ1) is 15.3. The zero-order valence-corrected chi connectivity index (χ0v) is 24.2. The molecule has 0 spiro atoms. The van der Waals surface area contributed by atoms with E-state index in [2.05, 4.69) is 60.7 Å². The van der Waals surface area contributed by atoms with Crippen LogP contribution in [0, 0.1) is 40.4 Å². The lowest BCUT2D eigenvalue weighted by molar-refractivity contribution is -0.0573. The van der Waals surface area contributed by atoms with E-state index in [1.54, 1.807) is 5.57 Å². The zero-order chi connectivity index (χ0) is 24.2. The second-order valence-corrected chi connectivity index (χ2v) is 19.4. The first kappa shape index (κ1) is 26.0. The van der Waals surface area contributed by atoms with Gasteiger partial charge in [0.1, 0.15) is 0 Å². The zero-order valence-electron chi connectivity index (χ0n) is 23.2. The molecule has 1 N–H and O–H groups in total. The Morgan fingerprint density at radius 1 is 1.09 bits per heavy atom. The van der Waals surface area contributed by atoms with Gasteiger partial charge in [-0.15, -0.1) is 0 Å². The van der Waals surface area contributed by atoms with Crippen LogP contribution in [0.1, 0.15) is 106 Å². The Kier molecular flexibility index (Phi) is 7.14. The molecule has 3 saturated carbocycles. The number of aliphatic hydroxyl groups excluding tert-OH is 1. The molecule has 0 aromatic carbocycles. The topological polar surface area (TPSA) is 29.5 Å². The van der Waals surface area contributed by atoms with Gasteiger partial charge in [0.15, 0.2) is 8.32 Å². The van der Waals surface area contributed by atoms with Crippen molar-refractivity contribution in [3.63, 3.8) is 0 Å². The maximum absolute atomic E-state index is 10.3. The van der Waals surface area contributed by atoms with Crippen molar-refractivity contribution in [3.8, 4) is 0 Å². The van der Waals surface area contributed by atoms with Crippen LogP contribution in [0.2, 0.25) is 18.1 Å². The molecule has 0 heterocycles. The molecule has 0 aromatic heterocycles. The van der Waals surface area contributed by atoms with Crippen LogP contribution in [-0.4, -0.2) is 26.1 Å². The highest BCUT2D eigenvalue weighted by Crippen LogP contribution is 2.67. The average molecular weight is 475 g/mol. The molecule has 0 radical (unpaired) electrons. The lowest BCUT2D eigenvalue weighted by Crippen LogP contribution is -2.50. The van der Waals surface area contributed by atoms with E-state index < -0.39 is 8.32 Å². The van der Waals surface area contributed by atoms with E-state index in [1.165, 1.54) is 51.4 Å². The van der Waals surface area contributed by atoms with Crippen LogP contribution in [-0.2, 0) is 4.43 Å². The summed E-state index contributed by atoms with van der Waals surface area (Å²) in [6.45, 7) is 20.5. The van der Waals surface area contributed by atoms with Crippen molar-refractivity contribution in [3.05, 3.63) is 11.6 Å². The van der Waals surface area contributed by atoms with Gasteiger partial charge in [-0.25, -0.2) is 0 Å². The van der Waals surface area contributed by atoms with E-state index in [-0.39, 0.29) is 6.10 Å². The van der Waals surface area contributed by atoms with Gasteiger partial charge in [-0.05, 0) is 123 Å². The average Bonchev–Trinajstić information content (AvgIpc) is 3.08. The Labute approximate surface area is 206 Å². The minimum Gasteiger partial charge on any atom is -0.417 e. The Morgan fingerprint density at radius 3 is 2.52 bits per heavy atom. The van der Waals surface area contributed by atoms with Gasteiger partial charge in [-0.3, -0.25) is 0 Å². The van der Waals surface area contributed by atoms with Crippen molar-refractivity contribution in [2.24, 2.45) is 40.4 Å². The second-order valence-electron chi connectivity index (χ2n) is 14.6. The van der Waals surface area contributed by atoms with Crippen LogP contribution >= 0.6 is 0 Å². The summed E-state index contributed by atoms with van der Waals surface area (Å²) >= 11 is 0. The molecule has 0 aliphatic heterocycles. The summed E-state index contributed by atoms with van der Waals surface area (Å²) in [5.74, 6) is 4.35. The fraction of sp³-hybridized carbons (Fsp3) is 0.933. The van der Waals surface area contributed by atoms with Crippen molar-refractivity contribution in [1.82, 2.24) is 0 Å². The maximum Gasteiger partial charge on any atom is 0.191 e. The Hall–Kier alpha value is -0.123. The molecule has 4 aliphatic rings. The molecule has 8 atom stereocenters. The molecular weight excluding hydrogens is 420 g/mol. The molecule has 2 nitrogen and oxygen atoms in total. The third-order valence-corrected chi connectivity index (χ3v) is 16.4. The summed E-state index contributed by atoms with van der Waals surface area (Å²) in [6.07, 6.45) is 15.2. The summed E-state index contributed by atoms with van der Waals surface area (Å²) in [5, 5.41) is 10.6. The number of hydrogen-bond acceptors (Lipinski definition) is 2. The first-order valence-electron chi connectivity index (χ1n) is 14.3. The molecule has 190 valence electrons. The number of rotatable bonds is 6. The van der Waals surface area contributed by atoms with E-state index >= 15 is 0 Å². The van der Waals surface area contributed by atoms with Gasteiger partial charge < -0.3 is 9.53 Å². The fourth-order valence-corrected chi connectivity index (χ4v) is 9.85. The SMILES string of the molecule is C[C@H](CCCO[Si](C)(C)C(C)(C)C)[C@H]1CC[C@H]2[C@@H]3CC=C4C[C@@H](O)CC[C@]4(C)[C@H]3CC[C@]12C. The molecule has 0 saturated heterocycles. The van der Waals surface area contributed by atoms with Crippen LogP contribution in [0.25, 0.3) is 0 Å². The van der Waals surface area contributed by atoms with E-state index in [4.69, 9.17) is 4.43 Å². The number of aliphatic hydroxyl groups is 1. The summed E-state index contributed by atoms with van der Waals surface area (Å²) in [7, 11) is -1.62. The van der Waals surface area contributed by atoms with Crippen LogP contribution in [0.5, 0.6) is 0 Å². The standard InChI is InChI=1S/C30H54O2Si/c1-21(10-9-19-32-33(7,8)28(2,3)4)25-13-14-26-24-12-11-22-20-23(31)15-17-29(22,5)27(24)16-18-30(25,26)6/h11,21,23-27,31H,9-10,12-20H2,1-8H3/t21-,23+,24+,25-,26+,27+,29+,30-/m1/s1. The number of hydrogen-bond donors (Lipinski definition) is 1. The van der Waals surface area contributed by atoms with Crippen molar-refractivity contribution < 1.29 is 9.53 Å². The summed E-state index contributed by atoms with van der Waals surface area (Å²) in [6, 6.07) is 0. The lowest BCUT2D eigenvalue weighted by atomic mass is 9.47. The van der Waals surface area contributed by atoms with Gasteiger partial charge in [0, 0.05) is 6.61 Å². The van der Waals surface area contributed by atoms with Crippen LogP contribution in [0.15, 0.2) is 11.6 Å². The minimum absolute atomic E-state index is 0.0907. The molecular formula is C30H54O2Si. The molecule has 3 heteroatoms. The van der Waals surface area contributed by atoms with E-state index in [0.29, 0.717) is 15.9 Å². The van der Waals surface area contributed by atoms with Gasteiger partial charge >= 0.3 is 0 Å². The van der Waals surface area contributed by atoms with Crippen molar-refractivity contribution >= 4 is 8.32 Å². The first-order valence-corrected chi connectivity index (χ1v) is 17.2. The van der Waals surface area contributed by atoms with E-state index in [9.17, 15) is 5.11 Å². The molecule has 0 aromatic rings. The van der Waals surface area contributed by atoms with E-state index in [0.717, 1.165) is 49.0 Å². The third-order valence-electron chi connectivity index (χ3n) is 11.9. The molecule has 4 aliphatic carbocycles. The third kappa shape index (κ3) is 4.57. The monoisotopic (exact) mass is 474 g/mol. The maximum atomic E-state index is 10.3. The molecule has 4 rings (SSSR count). The number of fused-ring (bicyclic) bond motifs is 5. The van der Waals surface area contributed by atoms with Crippen LogP contribution in [0.4, 0.5) is 0 Å². The Morgan fingerprint density at radius 2 is 1.82 bits per heavy atom. The van der Waals surface area contributed by atoms with Gasteiger partial charge in [-0.1, -0.05) is 53.2 Å². The Bertz CT molecular complexity index is 736. The molecule has 0 unspecified atom stereocenters. The summed E-state index contributed by atoms with van der Waals surface area (Å²) < 4.78 is 6.49. The van der Waals surface area contributed by atoms with Gasteiger partial charge in [0.2, 0.25) is 0 Å². The van der Waals surface area contributed by atoms with Gasteiger partial charge in [-0.2, -0.15) is 0 Å². The van der Waals surface area contributed by atoms with E-state index in [1.807, 2.05) is 0 Å². The predicted octanol–water partition coefficient (Wildman–Crippen LogP) is 8.36. The summed E-state index contributed by atoms with van der Waals surface area (Å²) in [4.78, 5) is 0. The highest BCUT2D eigenvalue weighted by molar-refractivity contribution is 6.74. The molecule has 0 bridgehead atoms. The number of allylic oxidation sites excluding steroid dienone is 1. The van der Waals surface area contributed by atoms with Crippen LogP contribution in [0.3, 0.4) is 0 Å². The molecule has 3 fully saturated rings. The largest absolute Gasteiger partial charge is 0.417 e. The van der Waals surface area contributed by atoms with Crippen LogP contribution < -0.4 is 0 Å². The normalized spacial score (nSPS) is 42.2. The van der Waals surface area contributed by atoms with Gasteiger partial charge in [0.05, 0.1) is 6.10 Å². The highest BCUT2D eigenvalue weighted by atomic mass is 28.4. The van der Waals surface area contributed by atoms with Gasteiger partial charge in [0.25, 0.3) is 0 Å². The lowest BCUT2D eigenvalue weighted by Gasteiger charge is -2.58.